The Morgan fingerprint density at radius 1 is 1.05 bits per heavy atom. The van der Waals surface area contributed by atoms with Crippen LogP contribution in [0.3, 0.4) is 0 Å². The SMILES string of the molecule is COc1ccc2nc(-c3ccc(OC(F)F)cc3)[nH]c2c1. The van der Waals surface area contributed by atoms with Gasteiger partial charge in [0.15, 0.2) is 0 Å². The topological polar surface area (TPSA) is 47.1 Å². The first-order valence-electron chi connectivity index (χ1n) is 6.25. The lowest BCUT2D eigenvalue weighted by Crippen LogP contribution is -2.01. The Kier molecular flexibility index (Phi) is 3.43. The smallest absolute Gasteiger partial charge is 0.387 e. The van der Waals surface area contributed by atoms with Crippen LogP contribution in [0.15, 0.2) is 42.5 Å². The third-order valence-electron chi connectivity index (χ3n) is 3.04. The molecule has 0 fully saturated rings. The lowest BCUT2D eigenvalue weighted by atomic mass is 10.2. The summed E-state index contributed by atoms with van der Waals surface area (Å²) in [5, 5.41) is 0. The second-order valence-electron chi connectivity index (χ2n) is 4.37. The van der Waals surface area contributed by atoms with E-state index in [2.05, 4.69) is 14.7 Å². The number of fused-ring (bicyclic) bond motifs is 1. The van der Waals surface area contributed by atoms with E-state index in [-0.39, 0.29) is 5.75 Å². The molecule has 4 nitrogen and oxygen atoms in total. The Hall–Kier alpha value is -2.63. The Labute approximate surface area is 119 Å². The average molecular weight is 290 g/mol. The fraction of sp³-hybridized carbons (Fsp3) is 0.133. The van der Waals surface area contributed by atoms with Gasteiger partial charge < -0.3 is 14.5 Å². The molecule has 1 aromatic heterocycles. The largest absolute Gasteiger partial charge is 0.497 e. The molecule has 0 bridgehead atoms. The molecule has 0 amide bonds. The number of methoxy groups -OCH3 is 1. The molecular weight excluding hydrogens is 278 g/mol. The molecule has 0 radical (unpaired) electrons. The molecule has 0 atom stereocenters. The van der Waals surface area contributed by atoms with Gasteiger partial charge in [0.25, 0.3) is 0 Å². The molecule has 21 heavy (non-hydrogen) atoms. The van der Waals surface area contributed by atoms with Gasteiger partial charge in [-0.15, -0.1) is 0 Å². The number of imidazole rings is 1. The predicted octanol–water partition coefficient (Wildman–Crippen LogP) is 3.84. The Bertz CT molecular complexity index is 754. The van der Waals surface area contributed by atoms with E-state index in [1.165, 1.54) is 12.1 Å². The molecule has 1 N–H and O–H groups in total. The highest BCUT2D eigenvalue weighted by molar-refractivity contribution is 5.80. The lowest BCUT2D eigenvalue weighted by Gasteiger charge is -2.04. The normalized spacial score (nSPS) is 11.0. The summed E-state index contributed by atoms with van der Waals surface area (Å²) in [5.74, 6) is 1.51. The molecule has 108 valence electrons. The molecule has 0 saturated heterocycles. The van der Waals surface area contributed by atoms with E-state index in [0.717, 1.165) is 22.3 Å². The molecule has 0 aliphatic heterocycles. The van der Waals surface area contributed by atoms with Gasteiger partial charge in [-0.25, -0.2) is 4.98 Å². The zero-order chi connectivity index (χ0) is 14.8. The first-order valence-corrected chi connectivity index (χ1v) is 6.25. The lowest BCUT2D eigenvalue weighted by molar-refractivity contribution is -0.0498. The maximum atomic E-state index is 12.1. The number of nitrogens with zero attached hydrogens (tertiary/aromatic N) is 1. The minimum absolute atomic E-state index is 0.117. The monoisotopic (exact) mass is 290 g/mol. The van der Waals surface area contributed by atoms with Crippen LogP contribution in [0, 0.1) is 0 Å². The van der Waals surface area contributed by atoms with Crippen molar-refractivity contribution in [3.63, 3.8) is 0 Å². The van der Waals surface area contributed by atoms with Crippen molar-refractivity contribution in [1.82, 2.24) is 9.97 Å². The van der Waals surface area contributed by atoms with Gasteiger partial charge in [0, 0.05) is 11.6 Å². The van der Waals surface area contributed by atoms with Gasteiger partial charge in [0.2, 0.25) is 0 Å². The number of alkyl halides is 2. The zero-order valence-corrected chi connectivity index (χ0v) is 11.1. The van der Waals surface area contributed by atoms with Gasteiger partial charge in [0.1, 0.15) is 17.3 Å². The van der Waals surface area contributed by atoms with Crippen molar-refractivity contribution in [3.8, 4) is 22.9 Å². The molecule has 0 saturated carbocycles. The number of aromatic amines is 1. The van der Waals surface area contributed by atoms with Gasteiger partial charge in [-0.05, 0) is 36.4 Å². The molecule has 3 rings (SSSR count). The standard InChI is InChI=1S/C15H12F2N2O2/c1-20-11-6-7-12-13(8-11)19-14(18-12)9-2-4-10(5-3-9)21-15(16)17/h2-8,15H,1H3,(H,18,19). The number of rotatable bonds is 4. The highest BCUT2D eigenvalue weighted by Crippen LogP contribution is 2.25. The van der Waals surface area contributed by atoms with E-state index in [4.69, 9.17) is 4.74 Å². The number of hydrogen-bond donors (Lipinski definition) is 1. The van der Waals surface area contributed by atoms with Crippen LogP contribution in [0.4, 0.5) is 8.78 Å². The molecule has 2 aromatic carbocycles. The van der Waals surface area contributed by atoms with Gasteiger partial charge in [-0.3, -0.25) is 0 Å². The minimum atomic E-state index is -2.82. The number of aromatic nitrogens is 2. The third kappa shape index (κ3) is 2.79. The summed E-state index contributed by atoms with van der Waals surface area (Å²) < 4.78 is 33.7. The molecule has 0 aliphatic carbocycles. The summed E-state index contributed by atoms with van der Waals surface area (Å²) >= 11 is 0. The van der Waals surface area contributed by atoms with Crippen molar-refractivity contribution >= 4 is 11.0 Å². The highest BCUT2D eigenvalue weighted by atomic mass is 19.3. The van der Waals surface area contributed by atoms with Crippen molar-refractivity contribution in [1.29, 1.82) is 0 Å². The van der Waals surface area contributed by atoms with Gasteiger partial charge in [-0.2, -0.15) is 8.78 Å². The van der Waals surface area contributed by atoms with Crippen LogP contribution in [0.25, 0.3) is 22.4 Å². The van der Waals surface area contributed by atoms with Crippen LogP contribution in [-0.4, -0.2) is 23.7 Å². The Balaban J connectivity index is 1.92. The quantitative estimate of drug-likeness (QED) is 0.794. The number of H-pyrrole nitrogens is 1. The number of ether oxygens (including phenoxy) is 2. The fourth-order valence-electron chi connectivity index (χ4n) is 2.05. The van der Waals surface area contributed by atoms with Crippen molar-refractivity contribution in [2.75, 3.05) is 7.11 Å². The van der Waals surface area contributed by atoms with Crippen LogP contribution >= 0.6 is 0 Å². The van der Waals surface area contributed by atoms with E-state index in [0.29, 0.717) is 5.82 Å². The second kappa shape index (κ2) is 5.40. The van der Waals surface area contributed by atoms with Crippen LogP contribution < -0.4 is 9.47 Å². The first-order chi connectivity index (χ1) is 10.2. The van der Waals surface area contributed by atoms with Crippen molar-refractivity contribution < 1.29 is 18.3 Å². The number of nitrogens with one attached hydrogen (secondary N) is 1. The van der Waals surface area contributed by atoms with Crippen LogP contribution in [0.5, 0.6) is 11.5 Å². The maximum absolute atomic E-state index is 12.1. The van der Waals surface area contributed by atoms with E-state index < -0.39 is 6.61 Å². The molecular formula is C15H12F2N2O2. The van der Waals surface area contributed by atoms with Crippen molar-refractivity contribution in [2.45, 2.75) is 6.61 Å². The van der Waals surface area contributed by atoms with Crippen molar-refractivity contribution in [2.24, 2.45) is 0 Å². The summed E-state index contributed by atoms with van der Waals surface area (Å²) in [6, 6.07) is 11.8. The molecule has 0 spiro atoms. The van der Waals surface area contributed by atoms with E-state index >= 15 is 0 Å². The summed E-state index contributed by atoms with van der Waals surface area (Å²) in [4.78, 5) is 7.62. The molecule has 1 heterocycles. The molecule has 6 heteroatoms. The van der Waals surface area contributed by atoms with E-state index in [1.807, 2.05) is 18.2 Å². The first kappa shape index (κ1) is 13.4. The van der Waals surface area contributed by atoms with Crippen LogP contribution in [0.2, 0.25) is 0 Å². The zero-order valence-electron chi connectivity index (χ0n) is 11.1. The minimum Gasteiger partial charge on any atom is -0.497 e. The highest BCUT2D eigenvalue weighted by Gasteiger charge is 2.08. The van der Waals surface area contributed by atoms with Crippen LogP contribution in [0.1, 0.15) is 0 Å². The summed E-state index contributed by atoms with van der Waals surface area (Å²) in [5.41, 5.74) is 2.43. The van der Waals surface area contributed by atoms with E-state index in [9.17, 15) is 8.78 Å². The number of hydrogen-bond acceptors (Lipinski definition) is 3. The maximum Gasteiger partial charge on any atom is 0.387 e. The van der Waals surface area contributed by atoms with E-state index in [1.54, 1.807) is 19.2 Å². The Morgan fingerprint density at radius 2 is 1.76 bits per heavy atom. The summed E-state index contributed by atoms with van der Waals surface area (Å²) in [6.07, 6.45) is 0. The third-order valence-corrected chi connectivity index (χ3v) is 3.04. The number of halogens is 2. The number of benzene rings is 2. The average Bonchev–Trinajstić information content (AvgIpc) is 2.90. The fourth-order valence-corrected chi connectivity index (χ4v) is 2.05. The van der Waals surface area contributed by atoms with Gasteiger partial charge >= 0.3 is 6.61 Å². The van der Waals surface area contributed by atoms with Crippen molar-refractivity contribution in [3.05, 3.63) is 42.5 Å². The molecule has 0 aliphatic rings. The Morgan fingerprint density at radius 3 is 2.43 bits per heavy atom. The van der Waals surface area contributed by atoms with Crippen LogP contribution in [-0.2, 0) is 0 Å². The van der Waals surface area contributed by atoms with Gasteiger partial charge in [0.05, 0.1) is 18.1 Å². The second-order valence-corrected chi connectivity index (χ2v) is 4.37. The summed E-state index contributed by atoms with van der Waals surface area (Å²) in [7, 11) is 1.60. The van der Waals surface area contributed by atoms with Gasteiger partial charge in [-0.1, -0.05) is 0 Å². The molecule has 3 aromatic rings. The molecule has 0 unspecified atom stereocenters. The predicted molar refractivity (Wildman–Crippen MR) is 74.7 cm³/mol. The summed E-state index contributed by atoms with van der Waals surface area (Å²) in [6.45, 7) is -2.82.